The summed E-state index contributed by atoms with van der Waals surface area (Å²) in [7, 11) is 0. The molecule has 1 atom stereocenters. The van der Waals surface area contributed by atoms with Crippen LogP contribution in [0.25, 0.3) is 0 Å². The number of nitrogens with one attached hydrogen (secondary N) is 1. The zero-order valence-corrected chi connectivity index (χ0v) is 12.2. The molecule has 2 heterocycles. The van der Waals surface area contributed by atoms with E-state index in [1.807, 2.05) is 0 Å². The highest BCUT2D eigenvalue weighted by Gasteiger charge is 2.30. The fraction of sp³-hybridized carbons (Fsp3) is 0.333. The second-order valence-electron chi connectivity index (χ2n) is 5.28. The van der Waals surface area contributed by atoms with Gasteiger partial charge in [0.15, 0.2) is 5.82 Å². The SMILES string of the molecule is CC(=O)Nc1ccc(C(=O)N2CC[C@H](c3ncon3)C2)cc1. The third-order valence-electron chi connectivity index (χ3n) is 3.67. The van der Waals surface area contributed by atoms with Gasteiger partial charge in [-0.2, -0.15) is 4.98 Å². The van der Waals surface area contributed by atoms with Gasteiger partial charge >= 0.3 is 0 Å². The van der Waals surface area contributed by atoms with E-state index in [9.17, 15) is 9.59 Å². The summed E-state index contributed by atoms with van der Waals surface area (Å²) in [5, 5.41) is 6.51. The Kier molecular flexibility index (Phi) is 3.86. The van der Waals surface area contributed by atoms with Crippen molar-refractivity contribution in [1.82, 2.24) is 15.0 Å². The molecule has 22 heavy (non-hydrogen) atoms. The minimum Gasteiger partial charge on any atom is -0.343 e. The molecule has 1 aromatic carbocycles. The molecule has 0 spiro atoms. The Balaban J connectivity index is 1.65. The third kappa shape index (κ3) is 2.98. The van der Waals surface area contributed by atoms with Crippen LogP contribution in [0.5, 0.6) is 0 Å². The lowest BCUT2D eigenvalue weighted by atomic mass is 10.1. The van der Waals surface area contributed by atoms with E-state index in [2.05, 4.69) is 15.5 Å². The monoisotopic (exact) mass is 300 g/mol. The predicted octanol–water partition coefficient (Wildman–Crippen LogP) is 1.66. The van der Waals surface area contributed by atoms with Crippen molar-refractivity contribution in [2.45, 2.75) is 19.3 Å². The maximum absolute atomic E-state index is 12.5. The van der Waals surface area contributed by atoms with Crippen LogP contribution in [0, 0.1) is 0 Å². The molecule has 1 N–H and O–H groups in total. The van der Waals surface area contributed by atoms with Gasteiger partial charge in [0.1, 0.15) is 0 Å². The average molecular weight is 300 g/mol. The lowest BCUT2D eigenvalue weighted by Crippen LogP contribution is -2.28. The third-order valence-corrected chi connectivity index (χ3v) is 3.67. The standard InChI is InChI=1S/C15H16N4O3/c1-10(20)17-13-4-2-11(3-5-13)15(21)19-7-6-12(8-19)14-16-9-22-18-14/h2-5,9,12H,6-8H2,1H3,(H,17,20)/t12-/m0/s1. The normalized spacial score (nSPS) is 17.5. The van der Waals surface area contributed by atoms with E-state index in [4.69, 9.17) is 4.52 Å². The lowest BCUT2D eigenvalue weighted by molar-refractivity contribution is -0.114. The quantitative estimate of drug-likeness (QED) is 0.931. The number of carbonyl (C=O) groups excluding carboxylic acids is 2. The second kappa shape index (κ2) is 5.97. The first kappa shape index (κ1) is 14.2. The Bertz CT molecular complexity index is 667. The van der Waals surface area contributed by atoms with Gasteiger partial charge in [0.2, 0.25) is 12.3 Å². The fourth-order valence-corrected chi connectivity index (χ4v) is 2.60. The minimum absolute atomic E-state index is 0.0274. The van der Waals surface area contributed by atoms with Crippen LogP contribution in [0.3, 0.4) is 0 Å². The summed E-state index contributed by atoms with van der Waals surface area (Å²) in [4.78, 5) is 29.3. The summed E-state index contributed by atoms with van der Waals surface area (Å²) in [6.07, 6.45) is 2.13. The van der Waals surface area contributed by atoms with E-state index < -0.39 is 0 Å². The summed E-state index contributed by atoms with van der Waals surface area (Å²) in [5.74, 6) is 0.611. The van der Waals surface area contributed by atoms with Gasteiger partial charge in [-0.15, -0.1) is 0 Å². The van der Waals surface area contributed by atoms with Crippen LogP contribution >= 0.6 is 0 Å². The molecule has 0 unspecified atom stereocenters. The van der Waals surface area contributed by atoms with Gasteiger partial charge in [-0.3, -0.25) is 9.59 Å². The van der Waals surface area contributed by atoms with Gasteiger partial charge in [0.25, 0.3) is 5.91 Å². The van der Waals surface area contributed by atoms with Crippen LogP contribution in [-0.4, -0.2) is 39.9 Å². The molecule has 7 heteroatoms. The maximum Gasteiger partial charge on any atom is 0.253 e. The molecule has 2 amide bonds. The molecule has 3 rings (SSSR count). The van der Waals surface area contributed by atoms with E-state index in [0.717, 1.165) is 6.42 Å². The first-order valence-electron chi connectivity index (χ1n) is 7.06. The van der Waals surface area contributed by atoms with Crippen LogP contribution in [0.1, 0.15) is 35.4 Å². The highest BCUT2D eigenvalue weighted by molar-refractivity contribution is 5.95. The lowest BCUT2D eigenvalue weighted by Gasteiger charge is -2.16. The smallest absolute Gasteiger partial charge is 0.253 e. The topological polar surface area (TPSA) is 88.3 Å². The van der Waals surface area contributed by atoms with Crippen molar-refractivity contribution < 1.29 is 14.1 Å². The molecule has 0 radical (unpaired) electrons. The van der Waals surface area contributed by atoms with E-state index >= 15 is 0 Å². The number of likely N-dealkylation sites (tertiary alicyclic amines) is 1. The number of anilines is 1. The minimum atomic E-state index is -0.137. The van der Waals surface area contributed by atoms with Crippen molar-refractivity contribution >= 4 is 17.5 Å². The summed E-state index contributed by atoms with van der Waals surface area (Å²) < 4.78 is 4.75. The van der Waals surface area contributed by atoms with Gasteiger partial charge in [0.05, 0.1) is 0 Å². The van der Waals surface area contributed by atoms with Crippen LogP contribution < -0.4 is 5.32 Å². The Hall–Kier alpha value is -2.70. The molecule has 1 fully saturated rings. The van der Waals surface area contributed by atoms with Crippen molar-refractivity contribution in [3.8, 4) is 0 Å². The summed E-state index contributed by atoms with van der Waals surface area (Å²) in [6.45, 7) is 2.71. The van der Waals surface area contributed by atoms with Crippen molar-refractivity contribution in [2.24, 2.45) is 0 Å². The number of aromatic nitrogens is 2. The van der Waals surface area contributed by atoms with Crippen molar-refractivity contribution in [3.63, 3.8) is 0 Å². The Morgan fingerprint density at radius 1 is 1.32 bits per heavy atom. The van der Waals surface area contributed by atoms with Gasteiger partial charge < -0.3 is 14.7 Å². The van der Waals surface area contributed by atoms with Crippen LogP contribution in [0.2, 0.25) is 0 Å². The van der Waals surface area contributed by atoms with Crippen LogP contribution in [0.4, 0.5) is 5.69 Å². The number of rotatable bonds is 3. The Morgan fingerprint density at radius 3 is 2.73 bits per heavy atom. The summed E-state index contributed by atoms with van der Waals surface area (Å²) in [5.41, 5.74) is 1.28. The molecule has 0 aliphatic carbocycles. The van der Waals surface area contributed by atoms with Gasteiger partial charge in [-0.25, -0.2) is 0 Å². The Labute approximate surface area is 127 Å². The molecule has 0 bridgehead atoms. The first-order chi connectivity index (χ1) is 10.6. The molecular weight excluding hydrogens is 284 g/mol. The largest absolute Gasteiger partial charge is 0.343 e. The zero-order valence-electron chi connectivity index (χ0n) is 12.2. The van der Waals surface area contributed by atoms with Gasteiger partial charge in [-0.1, -0.05) is 5.16 Å². The Morgan fingerprint density at radius 2 is 2.09 bits per heavy atom. The van der Waals surface area contributed by atoms with Crippen LogP contribution in [-0.2, 0) is 4.79 Å². The highest BCUT2D eigenvalue weighted by Crippen LogP contribution is 2.26. The number of nitrogens with zero attached hydrogens (tertiary/aromatic N) is 3. The van der Waals surface area contributed by atoms with Crippen molar-refractivity contribution in [1.29, 1.82) is 0 Å². The van der Waals surface area contributed by atoms with Gasteiger partial charge in [0, 0.05) is 37.2 Å². The van der Waals surface area contributed by atoms with Crippen molar-refractivity contribution in [3.05, 3.63) is 42.0 Å². The van der Waals surface area contributed by atoms with E-state index in [-0.39, 0.29) is 17.7 Å². The predicted molar refractivity (Wildman–Crippen MR) is 78.3 cm³/mol. The van der Waals surface area contributed by atoms with Crippen molar-refractivity contribution in [2.75, 3.05) is 18.4 Å². The van der Waals surface area contributed by atoms with Gasteiger partial charge in [-0.05, 0) is 30.7 Å². The zero-order chi connectivity index (χ0) is 15.5. The summed E-state index contributed by atoms with van der Waals surface area (Å²) >= 11 is 0. The number of amides is 2. The molecule has 114 valence electrons. The first-order valence-corrected chi connectivity index (χ1v) is 7.06. The molecule has 1 saturated heterocycles. The number of carbonyl (C=O) groups is 2. The second-order valence-corrected chi connectivity index (χ2v) is 5.28. The van der Waals surface area contributed by atoms with Crippen LogP contribution in [0.15, 0.2) is 35.2 Å². The maximum atomic E-state index is 12.5. The molecule has 1 aromatic heterocycles. The van der Waals surface area contributed by atoms with E-state index in [1.54, 1.807) is 29.2 Å². The number of benzene rings is 1. The molecule has 0 saturated carbocycles. The van der Waals surface area contributed by atoms with E-state index in [1.165, 1.54) is 13.3 Å². The number of hydrogen-bond donors (Lipinski definition) is 1. The molecule has 7 nitrogen and oxygen atoms in total. The molecule has 2 aromatic rings. The highest BCUT2D eigenvalue weighted by atomic mass is 16.5. The molecular formula is C15H16N4O3. The fourth-order valence-electron chi connectivity index (χ4n) is 2.60. The molecule has 1 aliphatic rings. The summed E-state index contributed by atoms with van der Waals surface area (Å²) in [6, 6.07) is 6.88. The van der Waals surface area contributed by atoms with E-state index in [0.29, 0.717) is 30.2 Å². The molecule has 1 aliphatic heterocycles. The number of hydrogen-bond acceptors (Lipinski definition) is 5. The average Bonchev–Trinajstić information content (AvgIpc) is 3.18.